The van der Waals surface area contributed by atoms with E-state index in [0.29, 0.717) is 31.3 Å². The highest BCUT2D eigenvalue weighted by molar-refractivity contribution is 5.99. The number of aromatic carboxylic acids is 1. The number of nitrogens with one attached hydrogen (secondary N) is 1. The SMILES string of the molecule is O=C(O)c1cccc2c1OCCN2C(=O)NCC1CC1. The summed E-state index contributed by atoms with van der Waals surface area (Å²) in [7, 11) is 0. The van der Waals surface area contributed by atoms with Crippen LogP contribution >= 0.6 is 0 Å². The lowest BCUT2D eigenvalue weighted by atomic mass is 10.1. The van der Waals surface area contributed by atoms with E-state index < -0.39 is 5.97 Å². The smallest absolute Gasteiger partial charge is 0.339 e. The first-order valence-corrected chi connectivity index (χ1v) is 6.71. The summed E-state index contributed by atoms with van der Waals surface area (Å²) in [5.74, 6) is -0.181. The molecule has 6 nitrogen and oxygen atoms in total. The highest BCUT2D eigenvalue weighted by Gasteiger charge is 2.29. The molecular formula is C14H16N2O4. The Morgan fingerprint density at radius 2 is 2.20 bits per heavy atom. The third kappa shape index (κ3) is 2.41. The van der Waals surface area contributed by atoms with Crippen molar-refractivity contribution < 1.29 is 19.4 Å². The number of carbonyl (C=O) groups excluding carboxylic acids is 1. The number of hydrogen-bond acceptors (Lipinski definition) is 3. The van der Waals surface area contributed by atoms with Gasteiger partial charge in [-0.15, -0.1) is 0 Å². The number of rotatable bonds is 3. The molecule has 1 aromatic carbocycles. The number of nitrogens with zero attached hydrogens (tertiary/aromatic N) is 1. The summed E-state index contributed by atoms with van der Waals surface area (Å²) in [5.41, 5.74) is 0.603. The Kier molecular flexibility index (Phi) is 3.22. The Labute approximate surface area is 116 Å². The molecule has 0 aromatic heterocycles. The fourth-order valence-corrected chi connectivity index (χ4v) is 2.28. The molecule has 3 rings (SSSR count). The van der Waals surface area contributed by atoms with Crippen LogP contribution in [0.1, 0.15) is 23.2 Å². The maximum Gasteiger partial charge on any atom is 0.339 e. The number of para-hydroxylation sites is 1. The predicted molar refractivity (Wildman–Crippen MR) is 72.4 cm³/mol. The predicted octanol–water partition coefficient (Wildman–Crippen LogP) is 1.70. The molecule has 6 heteroatoms. The number of fused-ring (bicyclic) bond motifs is 1. The molecule has 2 aliphatic rings. The lowest BCUT2D eigenvalue weighted by molar-refractivity contribution is 0.0692. The molecule has 0 radical (unpaired) electrons. The molecule has 20 heavy (non-hydrogen) atoms. The molecule has 0 saturated heterocycles. The van der Waals surface area contributed by atoms with Crippen molar-refractivity contribution in [1.82, 2.24) is 5.32 Å². The number of benzene rings is 1. The van der Waals surface area contributed by atoms with E-state index in [-0.39, 0.29) is 17.3 Å². The number of anilines is 1. The summed E-state index contributed by atoms with van der Waals surface area (Å²) in [5, 5.41) is 12.0. The second-order valence-corrected chi connectivity index (χ2v) is 5.09. The van der Waals surface area contributed by atoms with E-state index in [2.05, 4.69) is 5.32 Å². The molecule has 1 aromatic rings. The highest BCUT2D eigenvalue weighted by Crippen LogP contribution is 2.35. The minimum absolute atomic E-state index is 0.0854. The fourth-order valence-electron chi connectivity index (χ4n) is 2.28. The van der Waals surface area contributed by atoms with Gasteiger partial charge in [0.2, 0.25) is 0 Å². The van der Waals surface area contributed by atoms with Crippen molar-refractivity contribution >= 4 is 17.7 Å². The molecule has 1 saturated carbocycles. The highest BCUT2D eigenvalue weighted by atomic mass is 16.5. The van der Waals surface area contributed by atoms with E-state index in [1.807, 2.05) is 0 Å². The molecule has 1 heterocycles. The monoisotopic (exact) mass is 276 g/mol. The summed E-state index contributed by atoms with van der Waals surface area (Å²) in [6.07, 6.45) is 2.34. The molecule has 1 aliphatic heterocycles. The Morgan fingerprint density at radius 3 is 2.90 bits per heavy atom. The number of carbonyl (C=O) groups is 2. The van der Waals surface area contributed by atoms with Gasteiger partial charge in [0.25, 0.3) is 0 Å². The Hall–Kier alpha value is -2.24. The normalized spacial score (nSPS) is 17.1. The van der Waals surface area contributed by atoms with Gasteiger partial charge in [-0.2, -0.15) is 0 Å². The molecule has 1 aliphatic carbocycles. The summed E-state index contributed by atoms with van der Waals surface area (Å²) >= 11 is 0. The second-order valence-electron chi connectivity index (χ2n) is 5.09. The van der Waals surface area contributed by atoms with Crippen LogP contribution < -0.4 is 15.0 Å². The van der Waals surface area contributed by atoms with E-state index in [0.717, 1.165) is 0 Å². The standard InChI is InChI=1S/C14H16N2O4/c17-13(18)10-2-1-3-11-12(10)20-7-6-16(11)14(19)15-8-9-4-5-9/h1-3,9H,4-8H2,(H,15,19)(H,17,18). The van der Waals surface area contributed by atoms with Crippen LogP contribution in [0.4, 0.5) is 10.5 Å². The van der Waals surface area contributed by atoms with Gasteiger partial charge in [0.15, 0.2) is 5.75 Å². The van der Waals surface area contributed by atoms with Crippen molar-refractivity contribution in [2.45, 2.75) is 12.8 Å². The van der Waals surface area contributed by atoms with Gasteiger partial charge in [-0.1, -0.05) is 6.07 Å². The van der Waals surface area contributed by atoms with Crippen LogP contribution in [0.3, 0.4) is 0 Å². The van der Waals surface area contributed by atoms with Crippen LogP contribution in [0, 0.1) is 5.92 Å². The van der Waals surface area contributed by atoms with Gasteiger partial charge in [0, 0.05) is 6.54 Å². The Bertz CT molecular complexity index is 554. The number of ether oxygens (including phenoxy) is 1. The number of urea groups is 1. The maximum atomic E-state index is 12.2. The van der Waals surface area contributed by atoms with Crippen molar-refractivity contribution in [3.05, 3.63) is 23.8 Å². The lowest BCUT2D eigenvalue weighted by Gasteiger charge is -2.30. The molecule has 1 fully saturated rings. The van der Waals surface area contributed by atoms with Crippen LogP contribution in [0.5, 0.6) is 5.75 Å². The zero-order valence-corrected chi connectivity index (χ0v) is 11.0. The van der Waals surface area contributed by atoms with Gasteiger partial charge in [0.05, 0.1) is 12.2 Å². The number of amides is 2. The van der Waals surface area contributed by atoms with Crippen LogP contribution in [-0.4, -0.2) is 36.8 Å². The quantitative estimate of drug-likeness (QED) is 0.880. The van der Waals surface area contributed by atoms with Crippen molar-refractivity contribution in [3.63, 3.8) is 0 Å². The average Bonchev–Trinajstić information content (AvgIpc) is 3.27. The second kappa shape index (κ2) is 5.03. The minimum Gasteiger partial charge on any atom is -0.489 e. The first-order chi connectivity index (χ1) is 9.66. The van der Waals surface area contributed by atoms with Gasteiger partial charge in [-0.25, -0.2) is 9.59 Å². The first-order valence-electron chi connectivity index (χ1n) is 6.71. The topological polar surface area (TPSA) is 78.9 Å². The van der Waals surface area contributed by atoms with E-state index in [1.54, 1.807) is 17.0 Å². The van der Waals surface area contributed by atoms with Crippen molar-refractivity contribution in [2.75, 3.05) is 24.6 Å². The minimum atomic E-state index is -1.05. The van der Waals surface area contributed by atoms with Gasteiger partial charge >= 0.3 is 12.0 Å². The molecule has 0 spiro atoms. The van der Waals surface area contributed by atoms with Crippen molar-refractivity contribution in [2.24, 2.45) is 5.92 Å². The molecule has 0 unspecified atom stereocenters. The molecule has 2 N–H and O–H groups in total. The fraction of sp³-hybridized carbons (Fsp3) is 0.429. The first kappa shape index (κ1) is 12.8. The van der Waals surface area contributed by atoms with Crippen molar-refractivity contribution in [3.8, 4) is 5.75 Å². The van der Waals surface area contributed by atoms with E-state index in [1.165, 1.54) is 18.9 Å². The molecular weight excluding hydrogens is 260 g/mol. The Balaban J connectivity index is 1.83. The average molecular weight is 276 g/mol. The number of hydrogen-bond donors (Lipinski definition) is 2. The zero-order chi connectivity index (χ0) is 14.1. The van der Waals surface area contributed by atoms with Gasteiger partial charge in [0.1, 0.15) is 12.2 Å². The molecule has 2 amide bonds. The zero-order valence-electron chi connectivity index (χ0n) is 11.0. The maximum absolute atomic E-state index is 12.2. The van der Waals surface area contributed by atoms with Crippen molar-refractivity contribution in [1.29, 1.82) is 0 Å². The van der Waals surface area contributed by atoms with Crippen LogP contribution in [0.2, 0.25) is 0 Å². The van der Waals surface area contributed by atoms with Crippen LogP contribution in [-0.2, 0) is 0 Å². The summed E-state index contributed by atoms with van der Waals surface area (Å²) < 4.78 is 5.43. The molecule has 0 atom stereocenters. The number of carboxylic acid groups (broad SMARTS) is 1. The molecule has 0 bridgehead atoms. The van der Waals surface area contributed by atoms with Gasteiger partial charge in [-0.3, -0.25) is 4.90 Å². The van der Waals surface area contributed by atoms with E-state index in [4.69, 9.17) is 9.84 Å². The van der Waals surface area contributed by atoms with E-state index >= 15 is 0 Å². The largest absolute Gasteiger partial charge is 0.489 e. The van der Waals surface area contributed by atoms with Crippen LogP contribution in [0.25, 0.3) is 0 Å². The van der Waals surface area contributed by atoms with Crippen LogP contribution in [0.15, 0.2) is 18.2 Å². The lowest BCUT2D eigenvalue weighted by Crippen LogP contribution is -2.45. The summed E-state index contributed by atoms with van der Waals surface area (Å²) in [6.45, 7) is 1.41. The third-order valence-corrected chi connectivity index (χ3v) is 3.56. The molecule has 106 valence electrons. The van der Waals surface area contributed by atoms with Gasteiger partial charge in [-0.05, 0) is 30.9 Å². The van der Waals surface area contributed by atoms with E-state index in [9.17, 15) is 9.59 Å². The number of carboxylic acids is 1. The summed E-state index contributed by atoms with van der Waals surface area (Å²) in [6, 6.07) is 4.62. The Morgan fingerprint density at radius 1 is 1.40 bits per heavy atom. The van der Waals surface area contributed by atoms with Gasteiger partial charge < -0.3 is 15.2 Å². The third-order valence-electron chi connectivity index (χ3n) is 3.56. The summed E-state index contributed by atoms with van der Waals surface area (Å²) in [4.78, 5) is 24.9.